The molecule has 2 amide bonds. The Balaban J connectivity index is 2.48. The van der Waals surface area contributed by atoms with E-state index < -0.39 is 0 Å². The van der Waals surface area contributed by atoms with Gasteiger partial charge in [0, 0.05) is 24.2 Å². The molecule has 17 heavy (non-hydrogen) atoms. The van der Waals surface area contributed by atoms with E-state index >= 15 is 0 Å². The summed E-state index contributed by atoms with van der Waals surface area (Å²) >= 11 is 0. The molecule has 0 atom stereocenters. The minimum Gasteiger partial charge on any atom is -0.496 e. The number of ether oxygens (including phenoxy) is 1. The number of methoxy groups -OCH3 is 1. The lowest BCUT2D eigenvalue weighted by atomic mass is 10.1. The van der Waals surface area contributed by atoms with Crippen molar-refractivity contribution in [3.8, 4) is 5.75 Å². The summed E-state index contributed by atoms with van der Waals surface area (Å²) in [5.74, 6) is 0.745. The zero-order chi connectivity index (χ0) is 12.3. The lowest BCUT2D eigenvalue weighted by Gasteiger charge is -2.10. The molecule has 0 radical (unpaired) electrons. The molecule has 2 rings (SSSR count). The van der Waals surface area contributed by atoms with Gasteiger partial charge in [0.2, 0.25) is 0 Å². The van der Waals surface area contributed by atoms with Crippen molar-refractivity contribution in [3.05, 3.63) is 36.4 Å². The summed E-state index contributed by atoms with van der Waals surface area (Å²) in [6, 6.07) is 11.3. The summed E-state index contributed by atoms with van der Waals surface area (Å²) < 4.78 is 5.31. The molecule has 88 valence electrons. The average molecular weight is 230 g/mol. The van der Waals surface area contributed by atoms with Crippen LogP contribution in [0.5, 0.6) is 5.75 Å². The molecule has 4 nitrogen and oxygen atoms in total. The van der Waals surface area contributed by atoms with Crippen LogP contribution in [0.2, 0.25) is 0 Å². The smallest absolute Gasteiger partial charge is 0.318 e. The number of carbonyl (C=O) groups excluding carboxylic acids is 1. The van der Waals surface area contributed by atoms with Gasteiger partial charge in [0.25, 0.3) is 0 Å². The number of carbonyl (C=O) groups is 1. The van der Waals surface area contributed by atoms with Gasteiger partial charge >= 0.3 is 6.03 Å². The largest absolute Gasteiger partial charge is 0.496 e. The minimum absolute atomic E-state index is 0.248. The van der Waals surface area contributed by atoms with Crippen molar-refractivity contribution in [3.63, 3.8) is 0 Å². The fourth-order valence-corrected chi connectivity index (χ4v) is 1.71. The number of benzene rings is 2. The van der Waals surface area contributed by atoms with E-state index in [9.17, 15) is 4.79 Å². The fraction of sp³-hybridized carbons (Fsp3) is 0.154. The number of anilines is 1. The number of nitrogens with one attached hydrogen (secondary N) is 2. The standard InChI is InChI=1S/C13H14N2O2/c1-14-13(16)15-10-7-9-5-3-4-6-11(9)12(8-10)17-2/h3-8H,1-2H3,(H2,14,15,16). The van der Waals surface area contributed by atoms with E-state index in [1.165, 1.54) is 0 Å². The number of urea groups is 1. The van der Waals surface area contributed by atoms with Gasteiger partial charge in [0.1, 0.15) is 5.75 Å². The normalized spacial score (nSPS) is 10.0. The molecule has 2 aromatic rings. The van der Waals surface area contributed by atoms with Crippen molar-refractivity contribution in [1.82, 2.24) is 5.32 Å². The molecule has 0 saturated carbocycles. The molecule has 0 fully saturated rings. The van der Waals surface area contributed by atoms with E-state index in [0.29, 0.717) is 5.69 Å². The van der Waals surface area contributed by atoms with Gasteiger partial charge in [-0.3, -0.25) is 0 Å². The van der Waals surface area contributed by atoms with Crippen LogP contribution in [-0.2, 0) is 0 Å². The SMILES string of the molecule is CNC(=O)Nc1cc(OC)c2ccccc2c1. The van der Waals surface area contributed by atoms with Crippen LogP contribution >= 0.6 is 0 Å². The molecule has 2 N–H and O–H groups in total. The zero-order valence-electron chi connectivity index (χ0n) is 9.78. The van der Waals surface area contributed by atoms with Crippen molar-refractivity contribution in [2.45, 2.75) is 0 Å². The summed E-state index contributed by atoms with van der Waals surface area (Å²) in [7, 11) is 3.19. The van der Waals surface area contributed by atoms with Crippen LogP contribution in [0.15, 0.2) is 36.4 Å². The Hall–Kier alpha value is -2.23. The second-order valence-electron chi connectivity index (χ2n) is 3.60. The molecular formula is C13H14N2O2. The zero-order valence-corrected chi connectivity index (χ0v) is 9.78. The maximum absolute atomic E-state index is 11.3. The molecular weight excluding hydrogens is 216 g/mol. The van der Waals surface area contributed by atoms with E-state index in [4.69, 9.17) is 4.74 Å². The maximum atomic E-state index is 11.3. The number of amides is 2. The first-order chi connectivity index (χ1) is 8.24. The van der Waals surface area contributed by atoms with E-state index in [-0.39, 0.29) is 6.03 Å². The third-order valence-corrected chi connectivity index (χ3v) is 2.53. The first-order valence-electron chi connectivity index (χ1n) is 5.30. The van der Waals surface area contributed by atoms with Crippen LogP contribution in [-0.4, -0.2) is 20.2 Å². The highest BCUT2D eigenvalue weighted by molar-refractivity contribution is 5.96. The second-order valence-corrected chi connectivity index (χ2v) is 3.60. The van der Waals surface area contributed by atoms with E-state index in [1.54, 1.807) is 20.2 Å². The highest BCUT2D eigenvalue weighted by Crippen LogP contribution is 2.29. The molecule has 0 aliphatic heterocycles. The summed E-state index contributed by atoms with van der Waals surface area (Å²) in [5.41, 5.74) is 0.708. The highest BCUT2D eigenvalue weighted by atomic mass is 16.5. The molecule has 0 aromatic heterocycles. The Morgan fingerprint density at radius 3 is 2.71 bits per heavy atom. The number of rotatable bonds is 2. The van der Waals surface area contributed by atoms with E-state index in [1.807, 2.05) is 30.3 Å². The fourth-order valence-electron chi connectivity index (χ4n) is 1.71. The second kappa shape index (κ2) is 4.74. The topological polar surface area (TPSA) is 50.4 Å². The van der Waals surface area contributed by atoms with Gasteiger partial charge in [-0.15, -0.1) is 0 Å². The van der Waals surface area contributed by atoms with Gasteiger partial charge in [0.15, 0.2) is 0 Å². The van der Waals surface area contributed by atoms with Crippen molar-refractivity contribution in [2.75, 3.05) is 19.5 Å². The van der Waals surface area contributed by atoms with Crippen molar-refractivity contribution in [1.29, 1.82) is 0 Å². The van der Waals surface area contributed by atoms with Gasteiger partial charge < -0.3 is 15.4 Å². The molecule has 2 aromatic carbocycles. The number of hydrogen-bond acceptors (Lipinski definition) is 2. The molecule has 0 bridgehead atoms. The first kappa shape index (κ1) is 11.3. The lowest BCUT2D eigenvalue weighted by Crippen LogP contribution is -2.24. The lowest BCUT2D eigenvalue weighted by molar-refractivity contribution is 0.254. The number of fused-ring (bicyclic) bond motifs is 1. The highest BCUT2D eigenvalue weighted by Gasteiger charge is 2.05. The van der Waals surface area contributed by atoms with Gasteiger partial charge in [0.05, 0.1) is 7.11 Å². The van der Waals surface area contributed by atoms with Crippen LogP contribution in [0, 0.1) is 0 Å². The first-order valence-corrected chi connectivity index (χ1v) is 5.30. The Bertz CT molecular complexity index is 552. The van der Waals surface area contributed by atoms with Gasteiger partial charge in [-0.05, 0) is 11.5 Å². The Labute approximate surface area is 99.6 Å². The van der Waals surface area contributed by atoms with Crippen LogP contribution < -0.4 is 15.4 Å². The molecule has 0 aliphatic carbocycles. The number of hydrogen-bond donors (Lipinski definition) is 2. The Morgan fingerprint density at radius 1 is 1.24 bits per heavy atom. The van der Waals surface area contributed by atoms with Crippen LogP contribution in [0.1, 0.15) is 0 Å². The van der Waals surface area contributed by atoms with Gasteiger partial charge in [-0.25, -0.2) is 4.79 Å². The van der Waals surface area contributed by atoms with Crippen LogP contribution in [0.3, 0.4) is 0 Å². The molecule has 4 heteroatoms. The van der Waals surface area contributed by atoms with Gasteiger partial charge in [-0.2, -0.15) is 0 Å². The average Bonchev–Trinajstić information content (AvgIpc) is 2.37. The third-order valence-electron chi connectivity index (χ3n) is 2.53. The predicted molar refractivity (Wildman–Crippen MR) is 68.6 cm³/mol. The monoisotopic (exact) mass is 230 g/mol. The molecule has 0 aliphatic rings. The van der Waals surface area contributed by atoms with Crippen LogP contribution in [0.25, 0.3) is 10.8 Å². The molecule has 0 saturated heterocycles. The minimum atomic E-state index is -0.248. The summed E-state index contributed by atoms with van der Waals surface area (Å²) in [6.45, 7) is 0. The summed E-state index contributed by atoms with van der Waals surface area (Å²) in [5, 5.41) is 7.29. The van der Waals surface area contributed by atoms with Crippen molar-refractivity contribution >= 4 is 22.5 Å². The summed E-state index contributed by atoms with van der Waals surface area (Å²) in [6.07, 6.45) is 0. The summed E-state index contributed by atoms with van der Waals surface area (Å²) in [4.78, 5) is 11.3. The molecule has 0 spiro atoms. The maximum Gasteiger partial charge on any atom is 0.318 e. The molecule has 0 heterocycles. The van der Waals surface area contributed by atoms with E-state index in [0.717, 1.165) is 16.5 Å². The predicted octanol–water partition coefficient (Wildman–Crippen LogP) is 2.60. The quantitative estimate of drug-likeness (QED) is 0.833. The van der Waals surface area contributed by atoms with E-state index in [2.05, 4.69) is 10.6 Å². The van der Waals surface area contributed by atoms with Crippen molar-refractivity contribution < 1.29 is 9.53 Å². The van der Waals surface area contributed by atoms with Crippen LogP contribution in [0.4, 0.5) is 10.5 Å². The molecule has 0 unspecified atom stereocenters. The Morgan fingerprint density at radius 2 is 2.00 bits per heavy atom. The Kier molecular flexibility index (Phi) is 3.14. The van der Waals surface area contributed by atoms with Gasteiger partial charge in [-0.1, -0.05) is 24.3 Å². The van der Waals surface area contributed by atoms with Crippen molar-refractivity contribution in [2.24, 2.45) is 0 Å². The third kappa shape index (κ3) is 2.30.